The zero-order chi connectivity index (χ0) is 12.1. The van der Waals surface area contributed by atoms with Crippen LogP contribution in [0.2, 0.25) is 0 Å². The highest BCUT2D eigenvalue weighted by atomic mass is 19.1. The van der Waals surface area contributed by atoms with E-state index in [-0.39, 0.29) is 5.82 Å². The molecule has 0 aromatic heterocycles. The average Bonchev–Trinajstić information content (AvgIpc) is 2.35. The molecule has 2 atom stereocenters. The van der Waals surface area contributed by atoms with E-state index in [2.05, 4.69) is 12.2 Å². The van der Waals surface area contributed by atoms with E-state index >= 15 is 0 Å². The Morgan fingerprint density at radius 3 is 3.00 bits per heavy atom. The number of nitrogens with one attached hydrogen (secondary N) is 1. The molecule has 1 aliphatic rings. The molecule has 17 heavy (non-hydrogen) atoms. The second-order valence-electron chi connectivity index (χ2n) is 4.58. The molecular weight excluding hydrogens is 217 g/mol. The standard InChI is InChI=1S/C14H20FNO/c1-2-16-14-7-8-17-10-12(14)9-11-5-3-4-6-13(11)15/h3-6,12,14,16H,2,7-10H2,1H3/t12-,14-/m0/s1. The lowest BCUT2D eigenvalue weighted by molar-refractivity contribution is 0.0324. The smallest absolute Gasteiger partial charge is 0.126 e. The van der Waals surface area contributed by atoms with Crippen molar-refractivity contribution in [3.8, 4) is 0 Å². The molecule has 0 aliphatic carbocycles. The summed E-state index contributed by atoms with van der Waals surface area (Å²) >= 11 is 0. The van der Waals surface area contributed by atoms with E-state index < -0.39 is 0 Å². The summed E-state index contributed by atoms with van der Waals surface area (Å²) in [6.45, 7) is 4.60. The van der Waals surface area contributed by atoms with Crippen LogP contribution in [0.1, 0.15) is 18.9 Å². The molecule has 0 unspecified atom stereocenters. The Morgan fingerprint density at radius 1 is 1.41 bits per heavy atom. The molecule has 0 amide bonds. The van der Waals surface area contributed by atoms with Crippen molar-refractivity contribution in [2.75, 3.05) is 19.8 Å². The van der Waals surface area contributed by atoms with E-state index in [1.54, 1.807) is 6.07 Å². The summed E-state index contributed by atoms with van der Waals surface area (Å²) < 4.78 is 19.1. The van der Waals surface area contributed by atoms with Crippen LogP contribution in [0.15, 0.2) is 24.3 Å². The van der Waals surface area contributed by atoms with E-state index in [9.17, 15) is 4.39 Å². The molecule has 2 rings (SSSR count). The van der Waals surface area contributed by atoms with Crippen molar-refractivity contribution in [1.82, 2.24) is 5.32 Å². The Labute approximate surface area is 102 Å². The highest BCUT2D eigenvalue weighted by Gasteiger charge is 2.25. The molecule has 3 heteroatoms. The quantitative estimate of drug-likeness (QED) is 0.868. The van der Waals surface area contributed by atoms with E-state index in [0.717, 1.165) is 38.2 Å². The van der Waals surface area contributed by atoms with E-state index in [0.29, 0.717) is 12.0 Å². The molecule has 0 saturated carbocycles. The Balaban J connectivity index is 2.03. The second kappa shape index (κ2) is 6.12. The monoisotopic (exact) mass is 237 g/mol. The number of hydrogen-bond donors (Lipinski definition) is 1. The lowest BCUT2D eigenvalue weighted by Gasteiger charge is -2.32. The fourth-order valence-corrected chi connectivity index (χ4v) is 2.48. The SMILES string of the molecule is CCN[C@H]1CCOC[C@@H]1Cc1ccccc1F. The van der Waals surface area contributed by atoms with Crippen molar-refractivity contribution in [3.63, 3.8) is 0 Å². The van der Waals surface area contributed by atoms with Gasteiger partial charge in [-0.15, -0.1) is 0 Å². The summed E-state index contributed by atoms with van der Waals surface area (Å²) in [5, 5.41) is 3.47. The lowest BCUT2D eigenvalue weighted by atomic mass is 9.89. The Morgan fingerprint density at radius 2 is 2.24 bits per heavy atom. The first-order chi connectivity index (χ1) is 8.31. The fourth-order valence-electron chi connectivity index (χ4n) is 2.48. The molecule has 1 saturated heterocycles. The molecule has 94 valence electrons. The van der Waals surface area contributed by atoms with Gasteiger partial charge in [0.1, 0.15) is 5.82 Å². The largest absolute Gasteiger partial charge is 0.381 e. The third-order valence-corrected chi connectivity index (χ3v) is 3.38. The maximum absolute atomic E-state index is 13.6. The van der Waals surface area contributed by atoms with Gasteiger partial charge < -0.3 is 10.1 Å². The van der Waals surface area contributed by atoms with E-state index in [4.69, 9.17) is 4.74 Å². The minimum atomic E-state index is -0.103. The van der Waals surface area contributed by atoms with Gasteiger partial charge in [0.05, 0.1) is 6.61 Å². The molecule has 2 nitrogen and oxygen atoms in total. The number of rotatable bonds is 4. The Bertz CT molecular complexity index is 354. The topological polar surface area (TPSA) is 21.3 Å². The van der Waals surface area contributed by atoms with Gasteiger partial charge in [-0.3, -0.25) is 0 Å². The van der Waals surface area contributed by atoms with Crippen molar-refractivity contribution in [1.29, 1.82) is 0 Å². The van der Waals surface area contributed by atoms with E-state index in [1.807, 2.05) is 12.1 Å². The van der Waals surface area contributed by atoms with Crippen molar-refractivity contribution in [2.45, 2.75) is 25.8 Å². The minimum Gasteiger partial charge on any atom is -0.381 e. The average molecular weight is 237 g/mol. The van der Waals surface area contributed by atoms with Gasteiger partial charge >= 0.3 is 0 Å². The first kappa shape index (κ1) is 12.5. The molecule has 1 N–H and O–H groups in total. The zero-order valence-electron chi connectivity index (χ0n) is 10.3. The summed E-state index contributed by atoms with van der Waals surface area (Å²) in [4.78, 5) is 0. The predicted molar refractivity (Wildman–Crippen MR) is 66.5 cm³/mol. The molecule has 1 aliphatic heterocycles. The molecule has 1 aromatic carbocycles. The van der Waals surface area contributed by atoms with Crippen LogP contribution in [0.5, 0.6) is 0 Å². The van der Waals surface area contributed by atoms with Crippen LogP contribution in [-0.4, -0.2) is 25.8 Å². The zero-order valence-corrected chi connectivity index (χ0v) is 10.3. The molecule has 0 spiro atoms. The molecule has 1 aromatic rings. The Hall–Kier alpha value is -0.930. The summed E-state index contributed by atoms with van der Waals surface area (Å²) in [5.41, 5.74) is 0.797. The van der Waals surface area contributed by atoms with Gasteiger partial charge in [0.15, 0.2) is 0 Å². The van der Waals surface area contributed by atoms with Gasteiger partial charge in [-0.1, -0.05) is 25.1 Å². The van der Waals surface area contributed by atoms with Crippen LogP contribution in [0, 0.1) is 11.7 Å². The molecule has 1 fully saturated rings. The van der Waals surface area contributed by atoms with Crippen LogP contribution in [0.3, 0.4) is 0 Å². The number of halogens is 1. The third kappa shape index (κ3) is 3.27. The third-order valence-electron chi connectivity index (χ3n) is 3.38. The van der Waals surface area contributed by atoms with Crippen molar-refractivity contribution < 1.29 is 9.13 Å². The first-order valence-corrected chi connectivity index (χ1v) is 6.35. The number of ether oxygens (including phenoxy) is 1. The summed E-state index contributed by atoms with van der Waals surface area (Å²) in [6.07, 6.45) is 1.78. The van der Waals surface area contributed by atoms with Crippen LogP contribution in [0.25, 0.3) is 0 Å². The van der Waals surface area contributed by atoms with Gasteiger partial charge in [0.2, 0.25) is 0 Å². The van der Waals surface area contributed by atoms with Gasteiger partial charge in [-0.2, -0.15) is 0 Å². The van der Waals surface area contributed by atoms with Gasteiger partial charge in [-0.25, -0.2) is 4.39 Å². The van der Waals surface area contributed by atoms with Crippen molar-refractivity contribution in [2.24, 2.45) is 5.92 Å². The number of benzene rings is 1. The number of hydrogen-bond acceptors (Lipinski definition) is 2. The summed E-state index contributed by atoms with van der Waals surface area (Å²) in [5.74, 6) is 0.272. The normalized spacial score (nSPS) is 24.8. The first-order valence-electron chi connectivity index (χ1n) is 6.35. The molecular formula is C14H20FNO. The summed E-state index contributed by atoms with van der Waals surface area (Å²) in [7, 11) is 0. The highest BCUT2D eigenvalue weighted by Crippen LogP contribution is 2.21. The highest BCUT2D eigenvalue weighted by molar-refractivity contribution is 5.18. The van der Waals surface area contributed by atoms with Crippen LogP contribution < -0.4 is 5.32 Å². The van der Waals surface area contributed by atoms with Crippen molar-refractivity contribution in [3.05, 3.63) is 35.6 Å². The van der Waals surface area contributed by atoms with Gasteiger partial charge in [0.25, 0.3) is 0 Å². The second-order valence-corrected chi connectivity index (χ2v) is 4.58. The van der Waals surface area contributed by atoms with Gasteiger partial charge in [-0.05, 0) is 31.0 Å². The predicted octanol–water partition coefficient (Wildman–Crippen LogP) is 2.38. The van der Waals surface area contributed by atoms with Crippen LogP contribution in [-0.2, 0) is 11.2 Å². The van der Waals surface area contributed by atoms with Crippen LogP contribution >= 0.6 is 0 Å². The minimum absolute atomic E-state index is 0.103. The summed E-state index contributed by atoms with van der Waals surface area (Å²) in [6, 6.07) is 7.48. The molecule has 1 heterocycles. The maximum atomic E-state index is 13.6. The van der Waals surface area contributed by atoms with E-state index in [1.165, 1.54) is 6.07 Å². The fraction of sp³-hybridized carbons (Fsp3) is 0.571. The van der Waals surface area contributed by atoms with Crippen molar-refractivity contribution >= 4 is 0 Å². The molecule has 0 bridgehead atoms. The van der Waals surface area contributed by atoms with Crippen LogP contribution in [0.4, 0.5) is 4.39 Å². The molecule has 0 radical (unpaired) electrons. The lowest BCUT2D eigenvalue weighted by Crippen LogP contribution is -2.43. The maximum Gasteiger partial charge on any atom is 0.126 e. The Kier molecular flexibility index (Phi) is 4.51. The van der Waals surface area contributed by atoms with Gasteiger partial charge in [0, 0.05) is 18.6 Å².